The highest BCUT2D eigenvalue weighted by Gasteiger charge is 2.26. The molecule has 2 fully saturated rings. The van der Waals surface area contributed by atoms with Crippen molar-refractivity contribution < 1.29 is 17.9 Å². The zero-order valence-corrected chi connectivity index (χ0v) is 26.8. The highest BCUT2D eigenvalue weighted by atomic mass is 32.2. The third-order valence-corrected chi connectivity index (χ3v) is 9.97. The van der Waals surface area contributed by atoms with E-state index in [1.807, 2.05) is 31.2 Å². The van der Waals surface area contributed by atoms with E-state index in [-0.39, 0.29) is 10.8 Å². The molecule has 0 atom stereocenters. The molecule has 6 rings (SSSR count). The third kappa shape index (κ3) is 7.45. The summed E-state index contributed by atoms with van der Waals surface area (Å²) in [6, 6.07) is 21.7. The van der Waals surface area contributed by atoms with Gasteiger partial charge in [-0.05, 0) is 80.7 Å². The lowest BCUT2D eigenvalue weighted by Gasteiger charge is -2.34. The summed E-state index contributed by atoms with van der Waals surface area (Å²) in [6.07, 6.45) is 1.68. The predicted octanol–water partition coefficient (Wildman–Crippen LogP) is 4.30. The van der Waals surface area contributed by atoms with E-state index in [9.17, 15) is 13.2 Å². The number of rotatable bonds is 9. The van der Waals surface area contributed by atoms with Crippen LogP contribution < -0.4 is 20.9 Å². The second-order valence-corrected chi connectivity index (χ2v) is 13.3. The monoisotopic (exact) mass is 642 g/mol. The maximum Gasteiger partial charge on any atom is 0.255 e. The Kier molecular flexibility index (Phi) is 9.45. The third-order valence-electron chi connectivity index (χ3n) is 8.07. The van der Waals surface area contributed by atoms with Crippen molar-refractivity contribution in [3.05, 3.63) is 90.1 Å². The quantitative estimate of drug-likeness (QED) is 0.243. The summed E-state index contributed by atoms with van der Waals surface area (Å²) in [5, 5.41) is 9.37. The second-order valence-electron chi connectivity index (χ2n) is 11.4. The minimum Gasteiger partial charge on any atom is -0.379 e. The lowest BCUT2D eigenvalue weighted by Crippen LogP contribution is -2.44. The number of aryl methyl sites for hydroxylation is 1. The Labute approximate surface area is 269 Å². The van der Waals surface area contributed by atoms with Gasteiger partial charge in [-0.15, -0.1) is 0 Å². The van der Waals surface area contributed by atoms with Gasteiger partial charge in [0, 0.05) is 79.3 Å². The summed E-state index contributed by atoms with van der Waals surface area (Å²) < 4.78 is 33.0. The zero-order chi connectivity index (χ0) is 32.1. The van der Waals surface area contributed by atoms with Crippen molar-refractivity contribution in [2.24, 2.45) is 0 Å². The summed E-state index contributed by atoms with van der Waals surface area (Å²) in [7, 11) is -1.50. The first kappa shape index (κ1) is 31.4. The number of carbonyl (C=O) groups is 1. The number of amides is 1. The molecule has 46 heavy (non-hydrogen) atoms. The molecule has 240 valence electrons. The standard InChI is InChI=1S/C33H38N8O4S/c1-24-23-34-33(38-31(24)35-28-4-3-5-30(22-28)46(43,44)41-18-20-45-21-19-41)37-27-8-6-25(7-9-27)32(42)36-26-10-12-29(13-11-26)40-16-14-39(2)15-17-40/h3-13,22-23H,14-21H2,1-2H3,(H,36,42)(H2,34,35,37,38). The molecule has 1 amide bonds. The second kappa shape index (κ2) is 13.8. The molecule has 0 aliphatic carbocycles. The van der Waals surface area contributed by atoms with Crippen LogP contribution in [0.2, 0.25) is 0 Å². The van der Waals surface area contributed by atoms with Crippen LogP contribution in [-0.4, -0.2) is 93.0 Å². The average Bonchev–Trinajstić information content (AvgIpc) is 3.08. The van der Waals surface area contributed by atoms with E-state index < -0.39 is 10.0 Å². The van der Waals surface area contributed by atoms with E-state index in [0.717, 1.165) is 43.1 Å². The van der Waals surface area contributed by atoms with Gasteiger partial charge in [0.25, 0.3) is 5.91 Å². The van der Waals surface area contributed by atoms with E-state index in [4.69, 9.17) is 4.74 Å². The number of ether oxygens (including phenoxy) is 1. The van der Waals surface area contributed by atoms with Crippen LogP contribution in [0.4, 0.5) is 34.5 Å². The molecule has 2 aliphatic heterocycles. The topological polar surface area (TPSA) is 132 Å². The van der Waals surface area contributed by atoms with Crippen LogP contribution in [0.3, 0.4) is 0 Å². The molecule has 3 aromatic carbocycles. The molecule has 3 N–H and O–H groups in total. The number of hydrogen-bond acceptors (Lipinski definition) is 10. The summed E-state index contributed by atoms with van der Waals surface area (Å²) in [5.74, 6) is 0.686. The predicted molar refractivity (Wildman–Crippen MR) is 180 cm³/mol. The van der Waals surface area contributed by atoms with E-state index in [1.165, 1.54) is 4.31 Å². The van der Waals surface area contributed by atoms with Crippen LogP contribution in [0.15, 0.2) is 83.9 Å². The number of hydrogen-bond donors (Lipinski definition) is 3. The highest BCUT2D eigenvalue weighted by Crippen LogP contribution is 2.25. The Bertz CT molecular complexity index is 1770. The molecule has 3 heterocycles. The molecular weight excluding hydrogens is 604 g/mol. The maximum absolute atomic E-state index is 13.1. The van der Waals surface area contributed by atoms with Gasteiger partial charge >= 0.3 is 0 Å². The Hall–Kier alpha value is -4.56. The normalized spacial score (nSPS) is 16.2. The largest absolute Gasteiger partial charge is 0.379 e. The number of nitrogens with one attached hydrogen (secondary N) is 3. The molecule has 0 bridgehead atoms. The maximum atomic E-state index is 13.1. The van der Waals surface area contributed by atoms with Crippen LogP contribution in [0, 0.1) is 6.92 Å². The fourth-order valence-corrected chi connectivity index (χ4v) is 6.75. The molecule has 12 nitrogen and oxygen atoms in total. The van der Waals surface area contributed by atoms with Crippen molar-refractivity contribution >= 4 is 50.4 Å². The Morgan fingerprint density at radius 3 is 2.24 bits per heavy atom. The number of anilines is 6. The van der Waals surface area contributed by atoms with Crippen LogP contribution >= 0.6 is 0 Å². The zero-order valence-electron chi connectivity index (χ0n) is 25.9. The minimum absolute atomic E-state index is 0.199. The molecule has 4 aromatic rings. The van der Waals surface area contributed by atoms with Crippen molar-refractivity contribution in [1.29, 1.82) is 0 Å². The average molecular weight is 643 g/mol. The molecule has 0 saturated carbocycles. The van der Waals surface area contributed by atoms with Gasteiger partial charge in [-0.3, -0.25) is 4.79 Å². The molecule has 13 heteroatoms. The lowest BCUT2D eigenvalue weighted by molar-refractivity contribution is 0.0730. The van der Waals surface area contributed by atoms with Crippen molar-refractivity contribution in [3.8, 4) is 0 Å². The molecule has 0 unspecified atom stereocenters. The van der Waals surface area contributed by atoms with Gasteiger partial charge in [0.15, 0.2) is 0 Å². The van der Waals surface area contributed by atoms with Crippen molar-refractivity contribution in [3.63, 3.8) is 0 Å². The van der Waals surface area contributed by atoms with Crippen molar-refractivity contribution in [1.82, 2.24) is 19.2 Å². The van der Waals surface area contributed by atoms with Crippen LogP contribution in [0.25, 0.3) is 0 Å². The van der Waals surface area contributed by atoms with E-state index in [1.54, 1.807) is 54.7 Å². The van der Waals surface area contributed by atoms with Gasteiger partial charge in [0.2, 0.25) is 16.0 Å². The number of sulfonamides is 1. The summed E-state index contributed by atoms with van der Waals surface area (Å²) in [5.41, 5.74) is 4.50. The fraction of sp³-hybridized carbons (Fsp3) is 0.303. The molecular formula is C33H38N8O4S. The number of piperazine rings is 1. The molecule has 2 saturated heterocycles. The lowest BCUT2D eigenvalue weighted by atomic mass is 10.2. The number of likely N-dealkylation sites (N-methyl/N-ethyl adjacent to an activating group) is 1. The number of carbonyl (C=O) groups excluding carboxylic acids is 1. The van der Waals surface area contributed by atoms with Gasteiger partial charge in [-0.25, -0.2) is 13.4 Å². The minimum atomic E-state index is -3.63. The molecule has 1 aromatic heterocycles. The first-order chi connectivity index (χ1) is 22.2. The van der Waals surface area contributed by atoms with Gasteiger partial charge in [0.1, 0.15) is 5.82 Å². The Balaban J connectivity index is 1.07. The highest BCUT2D eigenvalue weighted by molar-refractivity contribution is 7.89. The number of nitrogens with zero attached hydrogens (tertiary/aromatic N) is 5. The van der Waals surface area contributed by atoms with Crippen molar-refractivity contribution in [2.75, 3.05) is 80.4 Å². The first-order valence-electron chi connectivity index (χ1n) is 15.3. The molecule has 0 spiro atoms. The van der Waals surface area contributed by atoms with E-state index in [0.29, 0.717) is 55.0 Å². The smallest absolute Gasteiger partial charge is 0.255 e. The first-order valence-corrected chi connectivity index (χ1v) is 16.7. The number of benzene rings is 3. The van der Waals surface area contributed by atoms with Gasteiger partial charge in [0.05, 0.1) is 18.1 Å². The Morgan fingerprint density at radius 2 is 1.52 bits per heavy atom. The van der Waals surface area contributed by atoms with E-state index >= 15 is 0 Å². The summed E-state index contributed by atoms with van der Waals surface area (Å²) in [6.45, 7) is 7.35. The van der Waals surface area contributed by atoms with Gasteiger partial charge in [-0.2, -0.15) is 9.29 Å². The molecule has 2 aliphatic rings. The summed E-state index contributed by atoms with van der Waals surface area (Å²) >= 11 is 0. The van der Waals surface area contributed by atoms with Crippen LogP contribution in [-0.2, 0) is 14.8 Å². The fourth-order valence-electron chi connectivity index (χ4n) is 5.29. The summed E-state index contributed by atoms with van der Waals surface area (Å²) in [4.78, 5) is 26.8. The molecule has 0 radical (unpaired) electrons. The van der Waals surface area contributed by atoms with Gasteiger partial charge < -0.3 is 30.5 Å². The number of morpholine rings is 1. The van der Waals surface area contributed by atoms with Crippen LogP contribution in [0.1, 0.15) is 15.9 Å². The van der Waals surface area contributed by atoms with Crippen LogP contribution in [0.5, 0.6) is 0 Å². The number of aromatic nitrogens is 2. The van der Waals surface area contributed by atoms with E-state index in [2.05, 4.69) is 42.8 Å². The SMILES string of the molecule is Cc1cnc(Nc2ccc(C(=O)Nc3ccc(N4CCN(C)CC4)cc3)cc2)nc1Nc1cccc(S(=O)(=O)N2CCOCC2)c1. The van der Waals surface area contributed by atoms with Crippen molar-refractivity contribution in [2.45, 2.75) is 11.8 Å². The van der Waals surface area contributed by atoms with Gasteiger partial charge in [-0.1, -0.05) is 6.07 Å². The Morgan fingerprint density at radius 1 is 0.826 bits per heavy atom.